The molecule has 0 aliphatic heterocycles. The van der Waals surface area contributed by atoms with Gasteiger partial charge in [-0.15, -0.1) is 0 Å². The molecular formula is C17H27B. The highest BCUT2D eigenvalue weighted by atomic mass is 14.1. The topological polar surface area (TPSA) is 0 Å². The van der Waals surface area contributed by atoms with E-state index in [1.54, 1.807) is 11.1 Å². The summed E-state index contributed by atoms with van der Waals surface area (Å²) in [5.74, 6) is 0.944. The monoisotopic (exact) mass is 242 g/mol. The number of benzene rings is 1. The Balaban J connectivity index is 1.99. The van der Waals surface area contributed by atoms with Crippen LogP contribution in [0.4, 0.5) is 0 Å². The SMILES string of the molecule is CC(C)(C)BC1CCCc2ccccc2CCC1. The molecule has 98 valence electrons. The predicted molar refractivity (Wildman–Crippen MR) is 82.9 cm³/mol. The van der Waals surface area contributed by atoms with Crippen LogP contribution in [-0.4, -0.2) is 7.28 Å². The Labute approximate surface area is 113 Å². The predicted octanol–water partition coefficient (Wildman–Crippen LogP) is 4.79. The van der Waals surface area contributed by atoms with Gasteiger partial charge in [-0.1, -0.05) is 69.0 Å². The summed E-state index contributed by atoms with van der Waals surface area (Å²) in [6, 6.07) is 9.06. The van der Waals surface area contributed by atoms with E-state index in [4.69, 9.17) is 0 Å². The number of rotatable bonds is 1. The highest BCUT2D eigenvalue weighted by Crippen LogP contribution is 2.33. The Bertz CT molecular complexity index is 346. The van der Waals surface area contributed by atoms with E-state index in [0.29, 0.717) is 5.31 Å². The van der Waals surface area contributed by atoms with Crippen LogP contribution in [0, 0.1) is 0 Å². The number of fused-ring (bicyclic) bond motifs is 1. The van der Waals surface area contributed by atoms with Crippen LogP contribution in [0.5, 0.6) is 0 Å². The summed E-state index contributed by atoms with van der Waals surface area (Å²) in [6.45, 7) is 7.15. The van der Waals surface area contributed by atoms with Crippen LogP contribution in [-0.2, 0) is 12.8 Å². The molecule has 1 aliphatic carbocycles. The van der Waals surface area contributed by atoms with E-state index >= 15 is 0 Å². The van der Waals surface area contributed by atoms with Gasteiger partial charge in [-0.2, -0.15) is 0 Å². The molecule has 0 N–H and O–H groups in total. The van der Waals surface area contributed by atoms with Crippen molar-refractivity contribution in [3.8, 4) is 0 Å². The Kier molecular flexibility index (Phi) is 4.53. The van der Waals surface area contributed by atoms with Crippen molar-refractivity contribution in [1.29, 1.82) is 0 Å². The second kappa shape index (κ2) is 5.95. The lowest BCUT2D eigenvalue weighted by molar-refractivity contribution is 0.601. The van der Waals surface area contributed by atoms with E-state index in [2.05, 4.69) is 45.0 Å². The Hall–Kier alpha value is -0.715. The fraction of sp³-hybridized carbons (Fsp3) is 0.647. The molecule has 18 heavy (non-hydrogen) atoms. The fourth-order valence-corrected chi connectivity index (χ4v) is 3.42. The van der Waals surface area contributed by atoms with Gasteiger partial charge in [0.05, 0.1) is 0 Å². The van der Waals surface area contributed by atoms with E-state index in [1.165, 1.54) is 45.8 Å². The molecule has 0 saturated carbocycles. The van der Waals surface area contributed by atoms with Crippen LogP contribution in [0.25, 0.3) is 0 Å². The van der Waals surface area contributed by atoms with Crippen molar-refractivity contribution in [1.82, 2.24) is 0 Å². The van der Waals surface area contributed by atoms with Crippen molar-refractivity contribution in [2.75, 3.05) is 0 Å². The van der Waals surface area contributed by atoms with Crippen molar-refractivity contribution < 1.29 is 0 Å². The molecule has 1 aromatic rings. The summed E-state index contributed by atoms with van der Waals surface area (Å²) in [4.78, 5) is 0. The van der Waals surface area contributed by atoms with Crippen LogP contribution < -0.4 is 0 Å². The molecule has 0 aromatic heterocycles. The molecule has 1 aliphatic rings. The van der Waals surface area contributed by atoms with Gasteiger partial charge in [0.15, 0.2) is 0 Å². The maximum absolute atomic E-state index is 2.38. The minimum Gasteiger partial charge on any atom is -0.0671 e. The largest absolute Gasteiger partial charge is 0.130 e. The van der Waals surface area contributed by atoms with Crippen LogP contribution in [0.3, 0.4) is 0 Å². The van der Waals surface area contributed by atoms with E-state index in [1.807, 2.05) is 0 Å². The molecule has 2 rings (SSSR count). The van der Waals surface area contributed by atoms with Crippen LogP contribution >= 0.6 is 0 Å². The summed E-state index contributed by atoms with van der Waals surface area (Å²) in [6.07, 6.45) is 8.17. The first kappa shape index (κ1) is 13.7. The third kappa shape index (κ3) is 4.19. The number of hydrogen-bond acceptors (Lipinski definition) is 0. The Morgan fingerprint density at radius 2 is 1.44 bits per heavy atom. The maximum atomic E-state index is 2.38. The van der Waals surface area contributed by atoms with Crippen molar-refractivity contribution in [2.45, 2.75) is 70.4 Å². The number of aryl methyl sites for hydroxylation is 2. The molecule has 0 spiro atoms. The molecule has 0 nitrogen and oxygen atoms in total. The Morgan fingerprint density at radius 1 is 0.944 bits per heavy atom. The molecule has 0 saturated heterocycles. The molecule has 1 heteroatoms. The minimum absolute atomic E-state index is 0.492. The molecule has 1 aromatic carbocycles. The first-order valence-electron chi connectivity index (χ1n) is 7.61. The molecule has 0 bridgehead atoms. The first-order valence-corrected chi connectivity index (χ1v) is 7.61. The molecule has 0 unspecified atom stereocenters. The molecule has 0 fully saturated rings. The van der Waals surface area contributed by atoms with Crippen molar-refractivity contribution in [2.24, 2.45) is 0 Å². The second-order valence-electron chi connectivity index (χ2n) is 7.18. The third-order valence-corrected chi connectivity index (χ3v) is 4.14. The Morgan fingerprint density at radius 3 is 1.89 bits per heavy atom. The average molecular weight is 242 g/mol. The van der Waals surface area contributed by atoms with Gasteiger partial charge < -0.3 is 0 Å². The third-order valence-electron chi connectivity index (χ3n) is 4.14. The van der Waals surface area contributed by atoms with Crippen molar-refractivity contribution >= 4 is 7.28 Å². The quantitative estimate of drug-likeness (QED) is 0.621. The maximum Gasteiger partial charge on any atom is 0.130 e. The standard InChI is InChI=1S/C17H27B/c1-17(2,3)18-16-12-6-10-14-8-4-5-9-15(14)11-7-13-16/h4-5,8-9,16,18H,6-7,10-13H2,1-3H3. The normalized spacial score (nSPS) is 18.4. The lowest BCUT2D eigenvalue weighted by Gasteiger charge is -2.24. The number of hydrogen-bond donors (Lipinski definition) is 0. The summed E-state index contributed by atoms with van der Waals surface area (Å²) in [7, 11) is 1.39. The molecule has 0 atom stereocenters. The minimum atomic E-state index is 0.492. The van der Waals surface area contributed by atoms with Gasteiger partial charge in [0.2, 0.25) is 0 Å². The van der Waals surface area contributed by atoms with E-state index in [-0.39, 0.29) is 0 Å². The van der Waals surface area contributed by atoms with Crippen LogP contribution in [0.2, 0.25) is 11.1 Å². The van der Waals surface area contributed by atoms with Crippen LogP contribution in [0.1, 0.15) is 57.6 Å². The summed E-state index contributed by atoms with van der Waals surface area (Å²) >= 11 is 0. The van der Waals surface area contributed by atoms with Crippen molar-refractivity contribution in [3.63, 3.8) is 0 Å². The first-order chi connectivity index (χ1) is 8.54. The molecule has 0 amide bonds. The van der Waals surface area contributed by atoms with Gasteiger partial charge in [-0.3, -0.25) is 0 Å². The van der Waals surface area contributed by atoms with Gasteiger partial charge in [0.25, 0.3) is 0 Å². The fourth-order valence-electron chi connectivity index (χ4n) is 3.42. The zero-order valence-electron chi connectivity index (χ0n) is 12.3. The lowest BCUT2D eigenvalue weighted by Crippen LogP contribution is -2.15. The zero-order chi connectivity index (χ0) is 13.0. The summed E-state index contributed by atoms with van der Waals surface area (Å²) in [5, 5.41) is 0.492. The van der Waals surface area contributed by atoms with E-state index < -0.39 is 0 Å². The summed E-state index contributed by atoms with van der Waals surface area (Å²) < 4.78 is 0. The van der Waals surface area contributed by atoms with E-state index in [0.717, 1.165) is 5.82 Å². The second-order valence-corrected chi connectivity index (χ2v) is 7.18. The van der Waals surface area contributed by atoms with E-state index in [9.17, 15) is 0 Å². The van der Waals surface area contributed by atoms with Gasteiger partial charge >= 0.3 is 0 Å². The highest BCUT2D eigenvalue weighted by Gasteiger charge is 2.21. The average Bonchev–Trinajstić information content (AvgIpc) is 2.37. The smallest absolute Gasteiger partial charge is 0.0671 e. The van der Waals surface area contributed by atoms with Crippen molar-refractivity contribution in [3.05, 3.63) is 35.4 Å². The van der Waals surface area contributed by atoms with Gasteiger partial charge in [-0.25, -0.2) is 0 Å². The molecular weight excluding hydrogens is 215 g/mol. The van der Waals surface area contributed by atoms with Crippen LogP contribution in [0.15, 0.2) is 24.3 Å². The van der Waals surface area contributed by atoms with Gasteiger partial charge in [-0.05, 0) is 36.8 Å². The zero-order valence-corrected chi connectivity index (χ0v) is 12.3. The van der Waals surface area contributed by atoms with Gasteiger partial charge in [0.1, 0.15) is 7.28 Å². The van der Waals surface area contributed by atoms with Gasteiger partial charge in [0, 0.05) is 0 Å². The molecule has 0 radical (unpaired) electrons. The highest BCUT2D eigenvalue weighted by molar-refractivity contribution is 6.41. The summed E-state index contributed by atoms with van der Waals surface area (Å²) in [5.41, 5.74) is 3.21. The lowest BCUT2D eigenvalue weighted by atomic mass is 9.46. The molecule has 0 heterocycles.